The Hall–Kier alpha value is -1.86. The zero-order chi connectivity index (χ0) is 14.7. The van der Waals surface area contributed by atoms with Gasteiger partial charge in [-0.1, -0.05) is 18.8 Å². The number of nitrogens with zero attached hydrogens (tertiary/aromatic N) is 1. The Bertz CT molecular complexity index is 574. The Morgan fingerprint density at radius 3 is 2.85 bits per heavy atom. The van der Waals surface area contributed by atoms with Crippen molar-refractivity contribution in [2.24, 2.45) is 11.8 Å². The summed E-state index contributed by atoms with van der Waals surface area (Å²) in [6, 6.07) is 3.94. The lowest BCUT2D eigenvalue weighted by atomic mass is 10.1. The van der Waals surface area contributed by atoms with Gasteiger partial charge in [0.15, 0.2) is 0 Å². The van der Waals surface area contributed by atoms with Crippen molar-refractivity contribution < 1.29 is 14.3 Å². The first-order valence-corrected chi connectivity index (χ1v) is 6.67. The molecule has 0 bridgehead atoms. The van der Waals surface area contributed by atoms with Gasteiger partial charge in [-0.15, -0.1) is 0 Å². The number of aliphatic hydroxyl groups is 1. The Labute approximate surface area is 118 Å². The molecule has 4 heteroatoms. The lowest BCUT2D eigenvalue weighted by molar-refractivity contribution is 0.0786. The summed E-state index contributed by atoms with van der Waals surface area (Å²) >= 11 is 0. The van der Waals surface area contributed by atoms with Crippen molar-refractivity contribution >= 4 is 5.91 Å². The first-order chi connectivity index (χ1) is 9.52. The van der Waals surface area contributed by atoms with Crippen LogP contribution in [-0.2, 0) is 0 Å². The van der Waals surface area contributed by atoms with Crippen LogP contribution >= 0.6 is 0 Å². The van der Waals surface area contributed by atoms with E-state index in [-0.39, 0.29) is 18.1 Å². The topological polar surface area (TPSA) is 40.5 Å². The average Bonchev–Trinajstić information content (AvgIpc) is 3.11. The number of halogens is 1. The Kier molecular flexibility index (Phi) is 4.41. The van der Waals surface area contributed by atoms with Crippen LogP contribution in [0.5, 0.6) is 0 Å². The molecule has 3 nitrogen and oxygen atoms in total. The molecule has 1 N–H and O–H groups in total. The predicted molar refractivity (Wildman–Crippen MR) is 74.6 cm³/mol. The molecule has 0 saturated heterocycles. The van der Waals surface area contributed by atoms with Gasteiger partial charge in [0.25, 0.3) is 5.91 Å². The minimum atomic E-state index is -0.462. The van der Waals surface area contributed by atoms with Crippen LogP contribution in [0, 0.1) is 29.5 Å². The van der Waals surface area contributed by atoms with Gasteiger partial charge in [-0.2, -0.15) is 0 Å². The molecule has 0 spiro atoms. The molecule has 0 radical (unpaired) electrons. The first-order valence-electron chi connectivity index (χ1n) is 6.67. The van der Waals surface area contributed by atoms with Crippen molar-refractivity contribution in [2.45, 2.75) is 13.3 Å². The number of carbonyl (C=O) groups excluding carboxylic acids is 1. The second-order valence-electron chi connectivity index (χ2n) is 5.31. The maximum atomic E-state index is 13.4. The molecule has 1 fully saturated rings. The second kappa shape index (κ2) is 6.06. The first kappa shape index (κ1) is 14.5. The summed E-state index contributed by atoms with van der Waals surface area (Å²) in [5.41, 5.74) is 0.697. The van der Waals surface area contributed by atoms with Crippen LogP contribution in [0.3, 0.4) is 0 Å². The van der Waals surface area contributed by atoms with E-state index in [0.717, 1.165) is 6.42 Å². The van der Waals surface area contributed by atoms with Gasteiger partial charge >= 0.3 is 0 Å². The van der Waals surface area contributed by atoms with Crippen LogP contribution in [-0.4, -0.2) is 36.1 Å². The molecule has 2 unspecified atom stereocenters. The van der Waals surface area contributed by atoms with Crippen LogP contribution in [0.15, 0.2) is 18.2 Å². The van der Waals surface area contributed by atoms with Gasteiger partial charge in [0.05, 0.1) is 5.56 Å². The van der Waals surface area contributed by atoms with Crippen molar-refractivity contribution in [3.8, 4) is 11.8 Å². The molecule has 20 heavy (non-hydrogen) atoms. The number of benzene rings is 1. The lowest BCUT2D eigenvalue weighted by Crippen LogP contribution is -2.29. The third-order valence-electron chi connectivity index (χ3n) is 3.65. The normalized spacial score (nSPS) is 20.0. The SMILES string of the molecule is CC1CC1CN(C)C(=O)c1cc(F)ccc1C#CCO. The average molecular weight is 275 g/mol. The van der Waals surface area contributed by atoms with Crippen LogP contribution in [0.25, 0.3) is 0 Å². The summed E-state index contributed by atoms with van der Waals surface area (Å²) in [5, 5.41) is 8.73. The minimum absolute atomic E-state index is 0.231. The van der Waals surface area contributed by atoms with Crippen LogP contribution in [0.4, 0.5) is 4.39 Å². The Morgan fingerprint density at radius 1 is 1.55 bits per heavy atom. The largest absolute Gasteiger partial charge is 0.384 e. The fourth-order valence-corrected chi connectivity index (χ4v) is 2.23. The molecule has 2 rings (SSSR count). The standard InChI is InChI=1S/C16H18FNO2/c1-11-8-13(11)10-18(2)16(20)15-9-14(17)6-5-12(15)4-3-7-19/h5-6,9,11,13,19H,7-8,10H2,1-2H3. The molecule has 0 aliphatic heterocycles. The smallest absolute Gasteiger partial charge is 0.254 e. The number of aliphatic hydroxyl groups excluding tert-OH is 1. The summed E-state index contributed by atoms with van der Waals surface area (Å²) in [6.07, 6.45) is 1.14. The highest BCUT2D eigenvalue weighted by atomic mass is 19.1. The number of hydrogen-bond donors (Lipinski definition) is 1. The van der Waals surface area contributed by atoms with E-state index >= 15 is 0 Å². The summed E-state index contributed by atoms with van der Waals surface area (Å²) in [6.45, 7) is 2.55. The summed E-state index contributed by atoms with van der Waals surface area (Å²) in [4.78, 5) is 14.0. The third-order valence-corrected chi connectivity index (χ3v) is 3.65. The van der Waals surface area contributed by atoms with Crippen LogP contribution < -0.4 is 0 Å². The second-order valence-corrected chi connectivity index (χ2v) is 5.31. The molecule has 106 valence electrons. The molecule has 0 heterocycles. The van der Waals surface area contributed by atoms with E-state index < -0.39 is 5.82 Å². The number of hydrogen-bond acceptors (Lipinski definition) is 2. The predicted octanol–water partition coefficient (Wildman–Crippen LogP) is 1.90. The van der Waals surface area contributed by atoms with Gasteiger partial charge in [0.1, 0.15) is 12.4 Å². The van der Waals surface area contributed by atoms with E-state index in [4.69, 9.17) is 5.11 Å². The molecule has 1 amide bonds. The highest BCUT2D eigenvalue weighted by molar-refractivity contribution is 5.96. The summed E-state index contributed by atoms with van der Waals surface area (Å²) < 4.78 is 13.4. The molecule has 2 atom stereocenters. The zero-order valence-corrected chi connectivity index (χ0v) is 11.7. The van der Waals surface area contributed by atoms with Crippen molar-refractivity contribution in [3.05, 3.63) is 35.1 Å². The maximum absolute atomic E-state index is 13.4. The minimum Gasteiger partial charge on any atom is -0.384 e. The van der Waals surface area contributed by atoms with E-state index in [9.17, 15) is 9.18 Å². The molecule has 1 aromatic rings. The fourth-order valence-electron chi connectivity index (χ4n) is 2.23. The van der Waals surface area contributed by atoms with Gasteiger partial charge in [0.2, 0.25) is 0 Å². The van der Waals surface area contributed by atoms with Crippen LogP contribution in [0.2, 0.25) is 0 Å². The maximum Gasteiger partial charge on any atom is 0.254 e. The van der Waals surface area contributed by atoms with Crippen molar-refractivity contribution in [2.75, 3.05) is 20.2 Å². The molecule has 1 aliphatic rings. The number of rotatable bonds is 3. The molecule has 1 saturated carbocycles. The number of carbonyl (C=O) groups is 1. The van der Waals surface area contributed by atoms with Gasteiger partial charge in [0, 0.05) is 19.2 Å². The molecule has 0 aromatic heterocycles. The van der Waals surface area contributed by atoms with E-state index in [1.165, 1.54) is 18.2 Å². The van der Waals surface area contributed by atoms with Gasteiger partial charge in [-0.3, -0.25) is 4.79 Å². The van der Waals surface area contributed by atoms with E-state index in [2.05, 4.69) is 18.8 Å². The van der Waals surface area contributed by atoms with Crippen molar-refractivity contribution in [1.29, 1.82) is 0 Å². The van der Waals surface area contributed by atoms with Gasteiger partial charge < -0.3 is 10.0 Å². The zero-order valence-electron chi connectivity index (χ0n) is 11.7. The third kappa shape index (κ3) is 3.37. The van der Waals surface area contributed by atoms with E-state index in [0.29, 0.717) is 23.9 Å². The van der Waals surface area contributed by atoms with Crippen molar-refractivity contribution in [3.63, 3.8) is 0 Å². The monoisotopic (exact) mass is 275 g/mol. The van der Waals surface area contributed by atoms with Gasteiger partial charge in [-0.25, -0.2) is 4.39 Å². The lowest BCUT2D eigenvalue weighted by Gasteiger charge is -2.18. The number of amides is 1. The molecule has 1 aliphatic carbocycles. The summed E-state index contributed by atoms with van der Waals surface area (Å²) in [7, 11) is 1.72. The van der Waals surface area contributed by atoms with Crippen LogP contribution in [0.1, 0.15) is 29.3 Å². The van der Waals surface area contributed by atoms with Crippen molar-refractivity contribution in [1.82, 2.24) is 4.90 Å². The molecular weight excluding hydrogens is 257 g/mol. The molecule has 1 aromatic carbocycles. The Balaban J connectivity index is 2.20. The quantitative estimate of drug-likeness (QED) is 0.856. The highest BCUT2D eigenvalue weighted by Gasteiger charge is 2.34. The van der Waals surface area contributed by atoms with E-state index in [1.54, 1.807) is 11.9 Å². The summed E-state index contributed by atoms with van der Waals surface area (Å²) in [5.74, 6) is 5.69. The van der Waals surface area contributed by atoms with Gasteiger partial charge in [-0.05, 0) is 36.5 Å². The Morgan fingerprint density at radius 2 is 2.25 bits per heavy atom. The fraction of sp³-hybridized carbons (Fsp3) is 0.438. The van der Waals surface area contributed by atoms with E-state index in [1.807, 2.05) is 0 Å². The highest BCUT2D eigenvalue weighted by Crippen LogP contribution is 2.38. The molecular formula is C16H18FNO2.